The van der Waals surface area contributed by atoms with Crippen molar-refractivity contribution in [3.05, 3.63) is 54.0 Å². The van der Waals surface area contributed by atoms with E-state index in [0.29, 0.717) is 36.8 Å². The summed E-state index contributed by atoms with van der Waals surface area (Å²) < 4.78 is 44.0. The van der Waals surface area contributed by atoms with E-state index in [1.54, 1.807) is 4.90 Å². The quantitative estimate of drug-likeness (QED) is 0.601. The second-order valence-electron chi connectivity index (χ2n) is 10.7. The molecule has 0 radical (unpaired) electrons. The van der Waals surface area contributed by atoms with Crippen molar-refractivity contribution in [2.24, 2.45) is 11.3 Å². The number of nitrogens with zero attached hydrogens (tertiary/aromatic N) is 5. The van der Waals surface area contributed by atoms with Crippen LogP contribution in [0.3, 0.4) is 0 Å². The molecule has 2 saturated heterocycles. The Bertz CT molecular complexity index is 1040. The van der Waals surface area contributed by atoms with Crippen molar-refractivity contribution >= 4 is 11.9 Å². The minimum atomic E-state index is -4.52. The fourth-order valence-corrected chi connectivity index (χ4v) is 6.16. The first-order chi connectivity index (χ1) is 17.1. The van der Waals surface area contributed by atoms with Crippen LogP contribution in [0.4, 0.5) is 23.8 Å². The first-order valence-electron chi connectivity index (χ1n) is 12.5. The number of likely N-dealkylation sites (tertiary alicyclic amines) is 1. The van der Waals surface area contributed by atoms with E-state index in [0.717, 1.165) is 44.9 Å². The molecule has 36 heavy (non-hydrogen) atoms. The van der Waals surface area contributed by atoms with Gasteiger partial charge in [-0.1, -0.05) is 30.3 Å². The SMILES string of the molecule is C[C@@H]1CN(c2cnc(C(F)(F)F)cn2)C[C@H](C)N1C(=O)OCC1CC2(C1)CN(Cc1ccccc1)C2. The van der Waals surface area contributed by atoms with Gasteiger partial charge in [0.05, 0.1) is 31.1 Å². The Kier molecular flexibility index (Phi) is 6.57. The van der Waals surface area contributed by atoms with Gasteiger partial charge in [-0.05, 0) is 43.6 Å². The van der Waals surface area contributed by atoms with Crippen LogP contribution >= 0.6 is 0 Å². The molecule has 5 rings (SSSR count). The van der Waals surface area contributed by atoms with Gasteiger partial charge in [0.2, 0.25) is 0 Å². The lowest BCUT2D eigenvalue weighted by Gasteiger charge is -2.59. The molecule has 3 aliphatic rings. The van der Waals surface area contributed by atoms with Crippen molar-refractivity contribution in [3.8, 4) is 0 Å². The molecule has 1 amide bonds. The van der Waals surface area contributed by atoms with Crippen LogP contribution in [-0.4, -0.2) is 70.7 Å². The molecule has 1 spiro atoms. The summed E-state index contributed by atoms with van der Waals surface area (Å²) in [5.41, 5.74) is 0.713. The third-order valence-electron chi connectivity index (χ3n) is 7.64. The molecule has 1 aliphatic carbocycles. The largest absolute Gasteiger partial charge is 0.449 e. The molecular formula is C26H32F3N5O2. The number of carbonyl (C=O) groups excluding carboxylic acids is 1. The Balaban J connectivity index is 1.06. The molecule has 7 nitrogen and oxygen atoms in total. The zero-order valence-corrected chi connectivity index (χ0v) is 20.6. The summed E-state index contributed by atoms with van der Waals surface area (Å²) in [6.07, 6.45) is -0.763. The molecule has 1 aromatic carbocycles. The third kappa shape index (κ3) is 5.14. The highest BCUT2D eigenvalue weighted by Gasteiger charge is 2.52. The second kappa shape index (κ2) is 9.53. The number of halogens is 3. The van der Waals surface area contributed by atoms with E-state index >= 15 is 0 Å². The number of aromatic nitrogens is 2. The van der Waals surface area contributed by atoms with Gasteiger partial charge in [0.25, 0.3) is 0 Å². The summed E-state index contributed by atoms with van der Waals surface area (Å²) in [6.45, 7) is 8.35. The summed E-state index contributed by atoms with van der Waals surface area (Å²) >= 11 is 0. The lowest BCUT2D eigenvalue weighted by molar-refractivity contribution is -0.141. The first-order valence-corrected chi connectivity index (χ1v) is 12.5. The lowest BCUT2D eigenvalue weighted by atomic mass is 9.58. The summed E-state index contributed by atoms with van der Waals surface area (Å²) in [4.78, 5) is 26.4. The molecule has 2 aromatic rings. The molecule has 2 atom stereocenters. The number of piperazine rings is 1. The Morgan fingerprint density at radius 1 is 1.06 bits per heavy atom. The maximum Gasteiger partial charge on any atom is 0.434 e. The molecule has 0 unspecified atom stereocenters. The van der Waals surface area contributed by atoms with Gasteiger partial charge < -0.3 is 9.64 Å². The van der Waals surface area contributed by atoms with Gasteiger partial charge in [0.15, 0.2) is 5.69 Å². The van der Waals surface area contributed by atoms with Crippen LogP contribution in [0, 0.1) is 11.3 Å². The number of hydrogen-bond donors (Lipinski definition) is 0. The monoisotopic (exact) mass is 503 g/mol. The average molecular weight is 504 g/mol. The minimum absolute atomic E-state index is 0.170. The van der Waals surface area contributed by atoms with Crippen LogP contribution in [-0.2, 0) is 17.5 Å². The first kappa shape index (κ1) is 24.8. The standard InChI is InChI=1S/C26H32F3N5O2/c1-18-12-33(23-11-30-22(10-31-23)26(27,28)29)13-19(2)34(18)24(35)36-15-21-8-25(9-21)16-32(17-25)14-20-6-4-3-5-7-20/h3-7,10-11,18-19,21H,8-9,12-17H2,1-2H3/t18-,19+. The Morgan fingerprint density at radius 2 is 1.72 bits per heavy atom. The van der Waals surface area contributed by atoms with Crippen molar-refractivity contribution in [2.45, 2.75) is 51.5 Å². The van der Waals surface area contributed by atoms with Crippen LogP contribution < -0.4 is 4.90 Å². The molecular weight excluding hydrogens is 471 g/mol. The molecule has 1 saturated carbocycles. The van der Waals surface area contributed by atoms with E-state index in [9.17, 15) is 18.0 Å². The van der Waals surface area contributed by atoms with Gasteiger partial charge in [-0.2, -0.15) is 13.2 Å². The lowest BCUT2D eigenvalue weighted by Crippen LogP contribution is -2.62. The predicted molar refractivity (Wildman–Crippen MR) is 128 cm³/mol. The normalized spacial score (nSPS) is 24.4. The van der Waals surface area contributed by atoms with E-state index in [2.05, 4.69) is 39.1 Å². The van der Waals surface area contributed by atoms with E-state index in [1.807, 2.05) is 24.8 Å². The Labute approximate surface area is 209 Å². The number of ether oxygens (including phenoxy) is 1. The second-order valence-corrected chi connectivity index (χ2v) is 10.7. The van der Waals surface area contributed by atoms with E-state index in [4.69, 9.17) is 4.74 Å². The highest BCUT2D eigenvalue weighted by molar-refractivity contribution is 5.69. The number of anilines is 1. The summed E-state index contributed by atoms with van der Waals surface area (Å²) in [7, 11) is 0. The van der Waals surface area contributed by atoms with Crippen molar-refractivity contribution in [3.63, 3.8) is 0 Å². The number of hydrogen-bond acceptors (Lipinski definition) is 6. The van der Waals surface area contributed by atoms with Gasteiger partial charge in [0.1, 0.15) is 5.82 Å². The smallest absolute Gasteiger partial charge is 0.434 e. The number of rotatable bonds is 5. The van der Waals surface area contributed by atoms with E-state index in [1.165, 1.54) is 5.56 Å². The number of carbonyl (C=O) groups is 1. The number of benzene rings is 1. The van der Waals surface area contributed by atoms with Gasteiger partial charge in [-0.15, -0.1) is 0 Å². The summed E-state index contributed by atoms with van der Waals surface area (Å²) in [6, 6.07) is 10.2. The van der Waals surface area contributed by atoms with Crippen LogP contribution in [0.25, 0.3) is 0 Å². The van der Waals surface area contributed by atoms with Crippen LogP contribution in [0.2, 0.25) is 0 Å². The minimum Gasteiger partial charge on any atom is -0.449 e. The van der Waals surface area contributed by atoms with Crippen molar-refractivity contribution < 1.29 is 22.7 Å². The number of amides is 1. The van der Waals surface area contributed by atoms with Gasteiger partial charge in [-0.25, -0.2) is 14.8 Å². The maximum atomic E-state index is 12.9. The topological polar surface area (TPSA) is 61.8 Å². The maximum absolute atomic E-state index is 12.9. The van der Waals surface area contributed by atoms with Crippen molar-refractivity contribution in [1.29, 1.82) is 0 Å². The molecule has 194 valence electrons. The van der Waals surface area contributed by atoms with Gasteiger partial charge in [-0.3, -0.25) is 9.80 Å². The highest BCUT2D eigenvalue weighted by atomic mass is 19.4. The van der Waals surface area contributed by atoms with Gasteiger partial charge in [0, 0.05) is 32.7 Å². The molecule has 0 N–H and O–H groups in total. The zero-order valence-electron chi connectivity index (χ0n) is 20.6. The van der Waals surface area contributed by atoms with Crippen LogP contribution in [0.5, 0.6) is 0 Å². The molecule has 1 aromatic heterocycles. The third-order valence-corrected chi connectivity index (χ3v) is 7.64. The molecule has 2 aliphatic heterocycles. The van der Waals surface area contributed by atoms with E-state index in [-0.39, 0.29) is 18.2 Å². The van der Waals surface area contributed by atoms with Crippen LogP contribution in [0.15, 0.2) is 42.7 Å². The summed E-state index contributed by atoms with van der Waals surface area (Å²) in [5, 5.41) is 0. The molecule has 3 heterocycles. The summed E-state index contributed by atoms with van der Waals surface area (Å²) in [5.74, 6) is 0.776. The molecule has 3 fully saturated rings. The van der Waals surface area contributed by atoms with Crippen molar-refractivity contribution in [1.82, 2.24) is 19.8 Å². The fraction of sp³-hybridized carbons (Fsp3) is 0.577. The highest BCUT2D eigenvalue weighted by Crippen LogP contribution is 2.52. The van der Waals surface area contributed by atoms with E-state index < -0.39 is 11.9 Å². The van der Waals surface area contributed by atoms with Crippen LogP contribution in [0.1, 0.15) is 37.9 Å². The predicted octanol–water partition coefficient (Wildman–Crippen LogP) is 4.44. The molecule has 0 bridgehead atoms. The average Bonchev–Trinajstić information content (AvgIpc) is 2.78. The molecule has 10 heteroatoms. The number of alkyl halides is 3. The Hall–Kier alpha value is -2.88. The zero-order chi connectivity index (χ0) is 25.5. The van der Waals surface area contributed by atoms with Crippen molar-refractivity contribution in [2.75, 3.05) is 37.7 Å². The Morgan fingerprint density at radius 3 is 2.31 bits per heavy atom. The van der Waals surface area contributed by atoms with Gasteiger partial charge >= 0.3 is 12.3 Å². The fourth-order valence-electron chi connectivity index (χ4n) is 6.16.